The zero-order valence-electron chi connectivity index (χ0n) is 10.3. The van der Waals surface area contributed by atoms with Gasteiger partial charge in [0.05, 0.1) is 12.2 Å². The number of pyridine rings is 1. The molecular formula is C12H15N5O. The summed E-state index contributed by atoms with van der Waals surface area (Å²) < 4.78 is 1.74. The Bertz CT molecular complexity index is 563. The normalized spacial score (nSPS) is 12.1. The van der Waals surface area contributed by atoms with Crippen molar-refractivity contribution in [3.63, 3.8) is 0 Å². The number of amides is 1. The number of carbonyl (C=O) groups is 1. The third-order valence-corrected chi connectivity index (χ3v) is 2.62. The number of nitrogens with two attached hydrogens (primary N) is 1. The minimum atomic E-state index is -0.535. The van der Waals surface area contributed by atoms with Crippen molar-refractivity contribution >= 4 is 11.6 Å². The van der Waals surface area contributed by atoms with Crippen LogP contribution in [-0.4, -0.2) is 20.7 Å². The number of primary amides is 1. The van der Waals surface area contributed by atoms with E-state index >= 15 is 0 Å². The first-order valence-corrected chi connectivity index (χ1v) is 5.57. The van der Waals surface area contributed by atoms with Crippen LogP contribution in [0.3, 0.4) is 0 Å². The Morgan fingerprint density at radius 3 is 2.94 bits per heavy atom. The minimum Gasteiger partial charge on any atom is -0.378 e. The predicted octanol–water partition coefficient (Wildman–Crippen LogP) is 1.09. The summed E-state index contributed by atoms with van der Waals surface area (Å²) in [5.41, 5.74) is 7.30. The summed E-state index contributed by atoms with van der Waals surface area (Å²) in [4.78, 5) is 14.9. The number of rotatable bonds is 4. The van der Waals surface area contributed by atoms with E-state index in [1.807, 2.05) is 20.2 Å². The third-order valence-electron chi connectivity index (χ3n) is 2.62. The van der Waals surface area contributed by atoms with Crippen LogP contribution in [0.5, 0.6) is 0 Å². The number of nitrogens with one attached hydrogen (secondary N) is 1. The van der Waals surface area contributed by atoms with Crippen LogP contribution in [-0.2, 0) is 7.05 Å². The molecule has 6 heteroatoms. The van der Waals surface area contributed by atoms with Crippen molar-refractivity contribution in [1.29, 1.82) is 0 Å². The summed E-state index contributed by atoms with van der Waals surface area (Å²) in [6, 6.07) is 3.51. The average molecular weight is 245 g/mol. The largest absolute Gasteiger partial charge is 0.378 e. The summed E-state index contributed by atoms with van der Waals surface area (Å²) in [5, 5.41) is 7.38. The fourth-order valence-corrected chi connectivity index (χ4v) is 1.65. The molecule has 0 spiro atoms. The summed E-state index contributed by atoms with van der Waals surface area (Å²) in [5.74, 6) is -0.535. The van der Waals surface area contributed by atoms with Crippen LogP contribution in [0, 0.1) is 0 Å². The van der Waals surface area contributed by atoms with Gasteiger partial charge < -0.3 is 11.1 Å². The number of nitrogens with zero attached hydrogens (tertiary/aromatic N) is 3. The molecule has 6 nitrogen and oxygen atoms in total. The Hall–Kier alpha value is -2.37. The standard InChI is InChI=1S/C12H15N5O/c1-8(9-6-15-17(2)7-9)16-10-3-4-14-11(5-10)12(13)18/h3-8H,1-2H3,(H2,13,18)(H,14,16). The van der Waals surface area contributed by atoms with Gasteiger partial charge in [0.1, 0.15) is 5.69 Å². The first kappa shape index (κ1) is 12.1. The summed E-state index contributed by atoms with van der Waals surface area (Å²) in [6.45, 7) is 2.02. The van der Waals surface area contributed by atoms with Crippen molar-refractivity contribution in [2.45, 2.75) is 13.0 Å². The molecule has 0 saturated heterocycles. The van der Waals surface area contributed by atoms with Gasteiger partial charge in [-0.3, -0.25) is 14.5 Å². The lowest BCUT2D eigenvalue weighted by Gasteiger charge is -2.13. The van der Waals surface area contributed by atoms with E-state index in [0.29, 0.717) is 0 Å². The van der Waals surface area contributed by atoms with Crippen LogP contribution >= 0.6 is 0 Å². The van der Waals surface area contributed by atoms with Crippen molar-refractivity contribution in [3.05, 3.63) is 42.0 Å². The maximum Gasteiger partial charge on any atom is 0.267 e. The zero-order chi connectivity index (χ0) is 13.1. The SMILES string of the molecule is CC(Nc1ccnc(C(N)=O)c1)c1cnn(C)c1. The van der Waals surface area contributed by atoms with Crippen molar-refractivity contribution in [3.8, 4) is 0 Å². The Labute approximate surface area is 105 Å². The van der Waals surface area contributed by atoms with Gasteiger partial charge in [-0.05, 0) is 19.1 Å². The van der Waals surface area contributed by atoms with Crippen LogP contribution in [0.1, 0.15) is 29.0 Å². The molecule has 2 aromatic rings. The molecule has 0 radical (unpaired) electrons. The lowest BCUT2D eigenvalue weighted by Crippen LogP contribution is -2.14. The maximum atomic E-state index is 11.0. The molecule has 0 bridgehead atoms. The predicted molar refractivity (Wildman–Crippen MR) is 68.0 cm³/mol. The number of hydrogen-bond acceptors (Lipinski definition) is 4. The van der Waals surface area contributed by atoms with Gasteiger partial charge in [-0.1, -0.05) is 0 Å². The zero-order valence-corrected chi connectivity index (χ0v) is 10.3. The lowest BCUT2D eigenvalue weighted by molar-refractivity contribution is 0.0995. The van der Waals surface area contributed by atoms with Gasteiger partial charge in [0.25, 0.3) is 5.91 Å². The molecule has 0 aliphatic rings. The Kier molecular flexibility index (Phi) is 3.27. The molecule has 0 aliphatic heterocycles. The van der Waals surface area contributed by atoms with E-state index < -0.39 is 5.91 Å². The van der Waals surface area contributed by atoms with Crippen molar-refractivity contribution in [2.24, 2.45) is 12.8 Å². The molecule has 3 N–H and O–H groups in total. The first-order valence-electron chi connectivity index (χ1n) is 5.57. The van der Waals surface area contributed by atoms with Gasteiger partial charge in [0, 0.05) is 30.7 Å². The number of hydrogen-bond donors (Lipinski definition) is 2. The molecule has 1 unspecified atom stereocenters. The molecule has 2 aromatic heterocycles. The highest BCUT2D eigenvalue weighted by Gasteiger charge is 2.09. The van der Waals surface area contributed by atoms with E-state index in [9.17, 15) is 4.79 Å². The molecule has 2 heterocycles. The first-order chi connectivity index (χ1) is 8.56. The van der Waals surface area contributed by atoms with Gasteiger partial charge in [0.15, 0.2) is 0 Å². The molecule has 0 aliphatic carbocycles. The maximum absolute atomic E-state index is 11.0. The monoisotopic (exact) mass is 245 g/mol. The highest BCUT2D eigenvalue weighted by atomic mass is 16.1. The molecule has 2 rings (SSSR count). The second kappa shape index (κ2) is 4.87. The average Bonchev–Trinajstić information content (AvgIpc) is 2.76. The molecule has 18 heavy (non-hydrogen) atoms. The van der Waals surface area contributed by atoms with Gasteiger partial charge in [-0.25, -0.2) is 0 Å². The molecule has 94 valence electrons. The van der Waals surface area contributed by atoms with Gasteiger partial charge >= 0.3 is 0 Å². The smallest absolute Gasteiger partial charge is 0.267 e. The second-order valence-corrected chi connectivity index (χ2v) is 4.11. The topological polar surface area (TPSA) is 85.8 Å². The summed E-state index contributed by atoms with van der Waals surface area (Å²) in [6.07, 6.45) is 5.29. The van der Waals surface area contributed by atoms with Crippen molar-refractivity contribution in [1.82, 2.24) is 14.8 Å². The third kappa shape index (κ3) is 2.65. The minimum absolute atomic E-state index is 0.0850. The van der Waals surface area contributed by atoms with Gasteiger partial charge in [0.2, 0.25) is 0 Å². The molecular weight excluding hydrogens is 230 g/mol. The molecule has 0 fully saturated rings. The molecule has 1 atom stereocenters. The molecule has 0 saturated carbocycles. The summed E-state index contributed by atoms with van der Waals surface area (Å²) in [7, 11) is 1.87. The van der Waals surface area contributed by atoms with Crippen LogP contribution in [0.4, 0.5) is 5.69 Å². The van der Waals surface area contributed by atoms with Crippen LogP contribution in [0.2, 0.25) is 0 Å². The summed E-state index contributed by atoms with van der Waals surface area (Å²) >= 11 is 0. The van der Waals surface area contributed by atoms with Crippen LogP contribution < -0.4 is 11.1 Å². The molecule has 1 amide bonds. The van der Waals surface area contributed by atoms with Crippen molar-refractivity contribution < 1.29 is 4.79 Å². The fourth-order valence-electron chi connectivity index (χ4n) is 1.65. The van der Waals surface area contributed by atoms with Crippen LogP contribution in [0.25, 0.3) is 0 Å². The Morgan fingerprint density at radius 1 is 1.56 bits per heavy atom. The van der Waals surface area contributed by atoms with E-state index in [1.165, 1.54) is 0 Å². The number of anilines is 1. The van der Waals surface area contributed by atoms with E-state index in [4.69, 9.17) is 5.73 Å². The Morgan fingerprint density at radius 2 is 2.33 bits per heavy atom. The number of carbonyl (C=O) groups excluding carboxylic acids is 1. The van der Waals surface area contributed by atoms with Crippen molar-refractivity contribution in [2.75, 3.05) is 5.32 Å². The number of aromatic nitrogens is 3. The lowest BCUT2D eigenvalue weighted by atomic mass is 10.2. The van der Waals surface area contributed by atoms with E-state index in [1.54, 1.807) is 29.2 Å². The quantitative estimate of drug-likeness (QED) is 0.844. The highest BCUT2D eigenvalue weighted by Crippen LogP contribution is 2.18. The number of aryl methyl sites for hydroxylation is 1. The van der Waals surface area contributed by atoms with Gasteiger partial charge in [-0.2, -0.15) is 5.10 Å². The second-order valence-electron chi connectivity index (χ2n) is 4.11. The van der Waals surface area contributed by atoms with Crippen LogP contribution in [0.15, 0.2) is 30.7 Å². The fraction of sp³-hybridized carbons (Fsp3) is 0.250. The molecule has 0 aromatic carbocycles. The van der Waals surface area contributed by atoms with Gasteiger partial charge in [-0.15, -0.1) is 0 Å². The Balaban J connectivity index is 2.14. The highest BCUT2D eigenvalue weighted by molar-refractivity contribution is 5.91. The van der Waals surface area contributed by atoms with E-state index in [2.05, 4.69) is 15.4 Å². The van der Waals surface area contributed by atoms with E-state index in [-0.39, 0.29) is 11.7 Å². The van der Waals surface area contributed by atoms with E-state index in [0.717, 1.165) is 11.3 Å².